The number of hydrogen-bond donors (Lipinski definition) is 0. The van der Waals surface area contributed by atoms with Gasteiger partial charge in [-0.05, 0) is 29.7 Å². The van der Waals surface area contributed by atoms with Crippen LogP contribution in [0.4, 0.5) is 0 Å². The van der Waals surface area contributed by atoms with Crippen LogP contribution in [0.25, 0.3) is 0 Å². The Hall–Kier alpha value is -3.21. The van der Waals surface area contributed by atoms with Crippen LogP contribution >= 0.6 is 0 Å². The van der Waals surface area contributed by atoms with Gasteiger partial charge in [0, 0.05) is 6.08 Å². The maximum atomic E-state index is 12.2. The van der Waals surface area contributed by atoms with Crippen LogP contribution in [0.1, 0.15) is 23.6 Å². The molecule has 4 nitrogen and oxygen atoms in total. The van der Waals surface area contributed by atoms with Gasteiger partial charge in [-0.25, -0.2) is 4.79 Å². The van der Waals surface area contributed by atoms with Crippen LogP contribution < -0.4 is 0 Å². The highest BCUT2D eigenvalue weighted by Gasteiger charge is 2.17. The Morgan fingerprint density at radius 3 is 1.68 bits per heavy atom. The molecule has 0 amide bonds. The first-order chi connectivity index (χ1) is 15.2. The Morgan fingerprint density at radius 1 is 0.710 bits per heavy atom. The van der Waals surface area contributed by atoms with Crippen LogP contribution in [0, 0.1) is 0 Å². The molecule has 0 radical (unpaired) electrons. The van der Waals surface area contributed by atoms with Crippen molar-refractivity contribution in [2.24, 2.45) is 0 Å². The summed E-state index contributed by atoms with van der Waals surface area (Å²) in [5, 5.41) is 0. The van der Waals surface area contributed by atoms with E-state index in [1.54, 1.807) is 6.08 Å². The number of hydrogen-bond acceptors (Lipinski definition) is 4. The largest absolute Gasteiger partial charge is 0.458 e. The van der Waals surface area contributed by atoms with Crippen LogP contribution in [0.2, 0.25) is 0 Å². The van der Waals surface area contributed by atoms with E-state index in [9.17, 15) is 4.79 Å². The summed E-state index contributed by atoms with van der Waals surface area (Å²) in [7, 11) is 0. The number of benzene rings is 3. The SMILES string of the molecule is C[C@@H](OCc1ccccc1)[C@@H](/C=C/C(=O)OCc1ccccc1)OCc1ccccc1. The number of carbonyl (C=O) groups excluding carboxylic acids is 1. The van der Waals surface area contributed by atoms with E-state index in [1.807, 2.05) is 97.9 Å². The number of carbonyl (C=O) groups is 1. The van der Waals surface area contributed by atoms with E-state index in [0.29, 0.717) is 13.2 Å². The lowest BCUT2D eigenvalue weighted by molar-refractivity contribution is -0.139. The molecule has 0 aromatic heterocycles. The van der Waals surface area contributed by atoms with Crippen LogP contribution in [-0.4, -0.2) is 18.2 Å². The maximum absolute atomic E-state index is 12.2. The number of rotatable bonds is 11. The second-order valence-corrected chi connectivity index (χ2v) is 7.22. The molecule has 2 atom stereocenters. The smallest absolute Gasteiger partial charge is 0.330 e. The van der Waals surface area contributed by atoms with Gasteiger partial charge in [0.2, 0.25) is 0 Å². The molecule has 31 heavy (non-hydrogen) atoms. The molecule has 3 aromatic carbocycles. The molecule has 3 rings (SSSR count). The third-order valence-corrected chi connectivity index (χ3v) is 4.75. The fourth-order valence-corrected chi connectivity index (χ4v) is 2.96. The van der Waals surface area contributed by atoms with E-state index in [0.717, 1.165) is 16.7 Å². The molecule has 0 fully saturated rings. The zero-order valence-corrected chi connectivity index (χ0v) is 17.7. The van der Waals surface area contributed by atoms with E-state index < -0.39 is 12.1 Å². The van der Waals surface area contributed by atoms with Crippen molar-refractivity contribution in [3.8, 4) is 0 Å². The van der Waals surface area contributed by atoms with E-state index >= 15 is 0 Å². The standard InChI is InChI=1S/C27H28O4/c1-22(29-19-23-11-5-2-6-12-23)26(30-20-24-13-7-3-8-14-24)17-18-27(28)31-21-25-15-9-4-10-16-25/h2-18,22,26H,19-21H2,1H3/b18-17+/t22-,26-/m1/s1. The second-order valence-electron chi connectivity index (χ2n) is 7.22. The fraction of sp³-hybridized carbons (Fsp3) is 0.222. The highest BCUT2D eigenvalue weighted by molar-refractivity contribution is 5.82. The molecule has 3 aromatic rings. The van der Waals surface area contributed by atoms with Crippen LogP contribution in [0.3, 0.4) is 0 Å². The van der Waals surface area contributed by atoms with Crippen molar-refractivity contribution in [1.29, 1.82) is 0 Å². The topological polar surface area (TPSA) is 44.8 Å². The summed E-state index contributed by atoms with van der Waals surface area (Å²) in [5.74, 6) is -0.410. The average molecular weight is 417 g/mol. The van der Waals surface area contributed by atoms with Crippen molar-refractivity contribution in [2.45, 2.75) is 39.0 Å². The fourth-order valence-electron chi connectivity index (χ4n) is 2.96. The van der Waals surface area contributed by atoms with Crippen molar-refractivity contribution < 1.29 is 19.0 Å². The van der Waals surface area contributed by atoms with E-state index in [1.165, 1.54) is 6.08 Å². The molecule has 0 saturated heterocycles. The first kappa shape index (κ1) is 22.5. The predicted octanol–water partition coefficient (Wildman–Crippen LogP) is 5.48. The van der Waals surface area contributed by atoms with E-state index in [4.69, 9.17) is 14.2 Å². The van der Waals surface area contributed by atoms with E-state index in [-0.39, 0.29) is 12.7 Å². The summed E-state index contributed by atoms with van der Waals surface area (Å²) in [6.45, 7) is 3.07. The summed E-state index contributed by atoms with van der Waals surface area (Å²) in [4.78, 5) is 12.2. The molecule has 0 heterocycles. The summed E-state index contributed by atoms with van der Waals surface area (Å²) >= 11 is 0. The first-order valence-corrected chi connectivity index (χ1v) is 10.4. The summed E-state index contributed by atoms with van der Waals surface area (Å²) in [6, 6.07) is 29.5. The molecule has 0 aliphatic rings. The molecule has 4 heteroatoms. The monoisotopic (exact) mass is 416 g/mol. The van der Waals surface area contributed by atoms with Crippen molar-refractivity contribution in [3.05, 3.63) is 120 Å². The highest BCUT2D eigenvalue weighted by atomic mass is 16.5. The van der Waals surface area contributed by atoms with Gasteiger partial charge in [0.1, 0.15) is 12.7 Å². The molecule has 0 aliphatic heterocycles. The van der Waals surface area contributed by atoms with Gasteiger partial charge in [-0.1, -0.05) is 91.0 Å². The van der Waals surface area contributed by atoms with Gasteiger partial charge in [-0.15, -0.1) is 0 Å². The maximum Gasteiger partial charge on any atom is 0.330 e. The van der Waals surface area contributed by atoms with Gasteiger partial charge < -0.3 is 14.2 Å². The average Bonchev–Trinajstić information content (AvgIpc) is 2.83. The van der Waals surface area contributed by atoms with Gasteiger partial charge >= 0.3 is 5.97 Å². The Morgan fingerprint density at radius 2 is 1.16 bits per heavy atom. The van der Waals surface area contributed by atoms with Crippen molar-refractivity contribution in [1.82, 2.24) is 0 Å². The van der Waals surface area contributed by atoms with Crippen molar-refractivity contribution in [3.63, 3.8) is 0 Å². The summed E-state index contributed by atoms with van der Waals surface area (Å²) in [5.41, 5.74) is 3.09. The Labute approximate surface area is 184 Å². The van der Waals surface area contributed by atoms with Crippen molar-refractivity contribution >= 4 is 5.97 Å². The molecular formula is C27H28O4. The molecule has 0 aliphatic carbocycles. The summed E-state index contributed by atoms with van der Waals surface area (Å²) in [6.07, 6.45) is 2.49. The molecule has 0 unspecified atom stereocenters. The lowest BCUT2D eigenvalue weighted by atomic mass is 10.2. The molecule has 0 saturated carbocycles. The minimum Gasteiger partial charge on any atom is -0.458 e. The second kappa shape index (κ2) is 12.5. The lowest BCUT2D eigenvalue weighted by Crippen LogP contribution is -2.27. The normalized spacial score (nSPS) is 13.1. The van der Waals surface area contributed by atoms with Crippen LogP contribution in [0.15, 0.2) is 103 Å². The quantitative estimate of drug-likeness (QED) is 0.307. The minimum absolute atomic E-state index is 0.236. The third-order valence-electron chi connectivity index (χ3n) is 4.75. The minimum atomic E-state index is -0.410. The highest BCUT2D eigenvalue weighted by Crippen LogP contribution is 2.13. The van der Waals surface area contributed by atoms with Crippen LogP contribution in [-0.2, 0) is 38.8 Å². The van der Waals surface area contributed by atoms with Crippen molar-refractivity contribution in [2.75, 3.05) is 0 Å². The third kappa shape index (κ3) is 8.21. The molecule has 0 bridgehead atoms. The Balaban J connectivity index is 1.58. The Bertz CT molecular complexity index is 923. The zero-order chi connectivity index (χ0) is 21.7. The van der Waals surface area contributed by atoms with Gasteiger partial charge in [-0.2, -0.15) is 0 Å². The van der Waals surface area contributed by atoms with Gasteiger partial charge in [0.05, 0.1) is 19.3 Å². The zero-order valence-electron chi connectivity index (χ0n) is 17.7. The number of ether oxygens (including phenoxy) is 3. The lowest BCUT2D eigenvalue weighted by Gasteiger charge is -2.22. The molecule has 160 valence electrons. The molecular weight excluding hydrogens is 388 g/mol. The van der Waals surface area contributed by atoms with Gasteiger partial charge in [0.25, 0.3) is 0 Å². The van der Waals surface area contributed by atoms with Gasteiger partial charge in [0.15, 0.2) is 0 Å². The predicted molar refractivity (Wildman–Crippen MR) is 121 cm³/mol. The van der Waals surface area contributed by atoms with Gasteiger partial charge in [-0.3, -0.25) is 0 Å². The molecule has 0 spiro atoms. The Kier molecular flexibility index (Phi) is 9.05. The molecule has 0 N–H and O–H groups in total. The van der Waals surface area contributed by atoms with E-state index in [2.05, 4.69) is 0 Å². The number of esters is 1. The summed E-state index contributed by atoms with van der Waals surface area (Å²) < 4.78 is 17.4. The van der Waals surface area contributed by atoms with Crippen LogP contribution in [0.5, 0.6) is 0 Å². The first-order valence-electron chi connectivity index (χ1n) is 10.4.